The van der Waals surface area contributed by atoms with Crippen LogP contribution in [-0.4, -0.2) is 21.3 Å². The van der Waals surface area contributed by atoms with Gasteiger partial charge in [-0.1, -0.05) is 36.4 Å². The molecule has 2 N–H and O–H groups in total. The molecule has 28 heavy (non-hydrogen) atoms. The summed E-state index contributed by atoms with van der Waals surface area (Å²) in [6.45, 7) is 0.533. The van der Waals surface area contributed by atoms with E-state index < -0.39 is 0 Å². The number of hydrogen-bond donors (Lipinski definition) is 2. The lowest BCUT2D eigenvalue weighted by Gasteiger charge is -2.15. The van der Waals surface area contributed by atoms with E-state index in [1.165, 1.54) is 0 Å². The molecule has 0 saturated carbocycles. The summed E-state index contributed by atoms with van der Waals surface area (Å²) in [5.74, 6) is 0.742. The van der Waals surface area contributed by atoms with Crippen molar-refractivity contribution in [1.82, 2.24) is 9.55 Å². The van der Waals surface area contributed by atoms with Crippen molar-refractivity contribution in [2.24, 2.45) is 7.05 Å². The number of H-pyrrole nitrogens is 1. The van der Waals surface area contributed by atoms with Crippen LogP contribution in [0.3, 0.4) is 0 Å². The molecule has 0 unspecified atom stereocenters. The predicted molar refractivity (Wildman–Crippen MR) is 111 cm³/mol. The van der Waals surface area contributed by atoms with Crippen LogP contribution in [0.15, 0.2) is 71.8 Å². The van der Waals surface area contributed by atoms with Gasteiger partial charge >= 0.3 is 0 Å². The van der Waals surface area contributed by atoms with Crippen molar-refractivity contribution in [2.75, 3.05) is 6.61 Å². The van der Waals surface area contributed by atoms with Crippen molar-refractivity contribution >= 4 is 10.9 Å². The molecule has 0 aliphatic carbocycles. The van der Waals surface area contributed by atoms with Crippen LogP contribution in [0, 0.1) is 0 Å². The molecule has 0 saturated heterocycles. The van der Waals surface area contributed by atoms with Crippen LogP contribution in [-0.2, 0) is 20.1 Å². The average molecular weight is 374 g/mol. The maximum Gasteiger partial charge on any atom is 0.274 e. The highest BCUT2D eigenvalue weighted by Gasteiger charge is 2.15. The van der Waals surface area contributed by atoms with Gasteiger partial charge in [-0.15, -0.1) is 0 Å². The van der Waals surface area contributed by atoms with Crippen LogP contribution < -0.4 is 10.3 Å². The molecule has 5 nitrogen and oxygen atoms in total. The number of pyridine rings is 1. The van der Waals surface area contributed by atoms with Crippen LogP contribution in [0.25, 0.3) is 22.0 Å². The van der Waals surface area contributed by atoms with E-state index in [1.807, 2.05) is 60.8 Å². The van der Waals surface area contributed by atoms with Gasteiger partial charge in [-0.25, -0.2) is 0 Å². The second-order valence-electron chi connectivity index (χ2n) is 6.80. The van der Waals surface area contributed by atoms with E-state index in [-0.39, 0.29) is 12.2 Å². The Hall–Kier alpha value is -3.31. The molecule has 2 aromatic heterocycles. The molecule has 0 bridgehead atoms. The van der Waals surface area contributed by atoms with Gasteiger partial charge in [0, 0.05) is 42.6 Å². The van der Waals surface area contributed by atoms with E-state index in [1.54, 1.807) is 17.8 Å². The molecule has 0 radical (unpaired) electrons. The third kappa shape index (κ3) is 3.44. The molecule has 0 aliphatic heterocycles. The van der Waals surface area contributed by atoms with E-state index in [0.717, 1.165) is 33.4 Å². The van der Waals surface area contributed by atoms with Crippen LogP contribution in [0.1, 0.15) is 11.1 Å². The molecule has 0 aliphatic rings. The lowest BCUT2D eigenvalue weighted by Crippen LogP contribution is -2.16. The fourth-order valence-electron chi connectivity index (χ4n) is 3.42. The van der Waals surface area contributed by atoms with Crippen LogP contribution in [0.5, 0.6) is 5.75 Å². The Bertz CT molecular complexity index is 1160. The molecule has 0 amide bonds. The topological polar surface area (TPSA) is 67.2 Å². The molecule has 2 heterocycles. The second kappa shape index (κ2) is 7.74. The Labute approximate surface area is 162 Å². The summed E-state index contributed by atoms with van der Waals surface area (Å²) in [6, 6.07) is 17.8. The van der Waals surface area contributed by atoms with Crippen molar-refractivity contribution in [2.45, 2.75) is 13.0 Å². The van der Waals surface area contributed by atoms with Gasteiger partial charge in [-0.3, -0.25) is 4.79 Å². The molecular formula is C23H22N2O3. The number of aliphatic hydroxyl groups excluding tert-OH is 1. The summed E-state index contributed by atoms with van der Waals surface area (Å²) in [5, 5.41) is 10.2. The van der Waals surface area contributed by atoms with E-state index in [9.17, 15) is 9.90 Å². The number of aryl methyl sites for hydroxylation is 1. The summed E-state index contributed by atoms with van der Waals surface area (Å²) in [6.07, 6.45) is 4.18. The first-order valence-electron chi connectivity index (χ1n) is 9.25. The Morgan fingerprint density at radius 1 is 1.04 bits per heavy atom. The number of hydrogen-bond acceptors (Lipinski definition) is 3. The van der Waals surface area contributed by atoms with Crippen LogP contribution >= 0.6 is 0 Å². The van der Waals surface area contributed by atoms with E-state index >= 15 is 0 Å². The number of nitrogens with zero attached hydrogens (tertiary/aromatic N) is 1. The van der Waals surface area contributed by atoms with Gasteiger partial charge in [0.15, 0.2) is 0 Å². The zero-order chi connectivity index (χ0) is 19.5. The molecule has 4 aromatic rings. The third-order valence-corrected chi connectivity index (χ3v) is 4.87. The van der Waals surface area contributed by atoms with Crippen molar-refractivity contribution < 1.29 is 9.84 Å². The predicted octanol–water partition coefficient (Wildman–Crippen LogP) is 3.65. The highest BCUT2D eigenvalue weighted by atomic mass is 16.5. The third-order valence-electron chi connectivity index (χ3n) is 4.87. The van der Waals surface area contributed by atoms with Gasteiger partial charge in [0.2, 0.25) is 0 Å². The highest BCUT2D eigenvalue weighted by molar-refractivity contribution is 5.95. The van der Waals surface area contributed by atoms with Crippen molar-refractivity contribution in [3.63, 3.8) is 0 Å². The normalized spacial score (nSPS) is 11.1. The quantitative estimate of drug-likeness (QED) is 0.541. The summed E-state index contributed by atoms with van der Waals surface area (Å²) in [5.41, 5.74) is 4.43. The molecule has 2 aromatic carbocycles. The van der Waals surface area contributed by atoms with Gasteiger partial charge in [-0.2, -0.15) is 0 Å². The zero-order valence-corrected chi connectivity index (χ0v) is 15.7. The largest absolute Gasteiger partial charge is 0.488 e. The second-order valence-corrected chi connectivity index (χ2v) is 6.80. The lowest BCUT2D eigenvalue weighted by atomic mass is 9.99. The summed E-state index contributed by atoms with van der Waals surface area (Å²) in [4.78, 5) is 15.4. The van der Waals surface area contributed by atoms with Gasteiger partial charge in [0.1, 0.15) is 17.9 Å². The first-order chi connectivity index (χ1) is 13.7. The number of benzene rings is 2. The van der Waals surface area contributed by atoms with Crippen molar-refractivity contribution in [3.05, 3.63) is 88.5 Å². The zero-order valence-electron chi connectivity index (χ0n) is 15.7. The Kier molecular flexibility index (Phi) is 5.00. The molecule has 0 fully saturated rings. The number of nitrogens with one attached hydrogen (secondary N) is 1. The number of aromatic nitrogens is 2. The lowest BCUT2D eigenvalue weighted by molar-refractivity contribution is 0.298. The smallest absolute Gasteiger partial charge is 0.274 e. The first kappa shape index (κ1) is 18.1. The minimum Gasteiger partial charge on any atom is -0.488 e. The standard InChI is InChI=1S/C23H22N2O3/c1-25-14-20(18-9-11-24-22(18)23(25)27)19-13-16(10-12-26)7-8-21(19)28-15-17-5-3-2-4-6-17/h2-9,11,13-14,24,26H,10,12,15H2,1H3. The minimum atomic E-state index is -0.0676. The minimum absolute atomic E-state index is 0.0676. The fraction of sp³-hybridized carbons (Fsp3) is 0.174. The van der Waals surface area contributed by atoms with Gasteiger partial charge in [0.25, 0.3) is 5.56 Å². The molecule has 4 rings (SSSR count). The van der Waals surface area contributed by atoms with Crippen molar-refractivity contribution in [1.29, 1.82) is 0 Å². The monoisotopic (exact) mass is 374 g/mol. The molecule has 0 atom stereocenters. The van der Waals surface area contributed by atoms with E-state index in [4.69, 9.17) is 4.74 Å². The van der Waals surface area contributed by atoms with E-state index in [2.05, 4.69) is 4.98 Å². The number of aliphatic hydroxyl groups is 1. The summed E-state index contributed by atoms with van der Waals surface area (Å²) >= 11 is 0. The Morgan fingerprint density at radius 3 is 2.64 bits per heavy atom. The number of fused-ring (bicyclic) bond motifs is 1. The Balaban J connectivity index is 1.82. The van der Waals surface area contributed by atoms with Crippen molar-refractivity contribution in [3.8, 4) is 16.9 Å². The fourth-order valence-corrected chi connectivity index (χ4v) is 3.42. The number of rotatable bonds is 6. The highest BCUT2D eigenvalue weighted by Crippen LogP contribution is 2.35. The van der Waals surface area contributed by atoms with Gasteiger partial charge in [0.05, 0.1) is 0 Å². The average Bonchev–Trinajstić information content (AvgIpc) is 3.21. The molecule has 0 spiro atoms. The Morgan fingerprint density at radius 2 is 1.86 bits per heavy atom. The molecular weight excluding hydrogens is 352 g/mol. The molecule has 5 heteroatoms. The van der Waals surface area contributed by atoms with Crippen LogP contribution in [0.2, 0.25) is 0 Å². The first-order valence-corrected chi connectivity index (χ1v) is 9.25. The molecule has 142 valence electrons. The SMILES string of the molecule is Cn1cc(-c2cc(CCO)ccc2OCc2ccccc2)c2cc[nH]c2c1=O. The summed E-state index contributed by atoms with van der Waals surface area (Å²) in [7, 11) is 1.74. The maximum atomic E-state index is 12.4. The van der Waals surface area contributed by atoms with E-state index in [0.29, 0.717) is 18.5 Å². The van der Waals surface area contributed by atoms with Gasteiger partial charge in [-0.05, 0) is 35.7 Å². The maximum absolute atomic E-state index is 12.4. The van der Waals surface area contributed by atoms with Crippen LogP contribution in [0.4, 0.5) is 0 Å². The van der Waals surface area contributed by atoms with Gasteiger partial charge < -0.3 is 19.4 Å². The number of ether oxygens (including phenoxy) is 1. The number of aromatic amines is 1. The summed E-state index contributed by atoms with van der Waals surface area (Å²) < 4.78 is 7.72.